The number of nitrogens with one attached hydrogen (secondary N) is 2. The summed E-state index contributed by atoms with van der Waals surface area (Å²) in [5, 5.41) is 20.2. The number of alkyl halides is 2. The van der Waals surface area contributed by atoms with Crippen molar-refractivity contribution in [3.63, 3.8) is 0 Å². The van der Waals surface area contributed by atoms with Gasteiger partial charge in [0.1, 0.15) is 12.1 Å². The molecule has 0 unspecified atom stereocenters. The Bertz CT molecular complexity index is 1270. The molecule has 0 radical (unpaired) electrons. The molecular weight excluding hydrogens is 518 g/mol. The second-order valence-corrected chi connectivity index (χ2v) is 11.0. The molecule has 2 saturated carbocycles. The van der Waals surface area contributed by atoms with E-state index in [1.807, 2.05) is 0 Å². The van der Waals surface area contributed by atoms with Gasteiger partial charge in [-0.3, -0.25) is 9.48 Å². The second-order valence-electron chi connectivity index (χ2n) is 11.0. The van der Waals surface area contributed by atoms with Crippen molar-refractivity contribution in [3.8, 4) is 11.5 Å². The van der Waals surface area contributed by atoms with Crippen molar-refractivity contribution >= 4 is 17.4 Å². The maximum Gasteiger partial charge on any atom is 0.284 e. The van der Waals surface area contributed by atoms with E-state index in [-0.39, 0.29) is 29.4 Å². The largest absolute Gasteiger partial charge is 0.444 e. The standard InChI is InChI=1S/C29H38F2N6O3/c1-2-3-6-18-9-11-20(12-10-18)37-16-22(26(36-37)27(30)31)34-28(39)23-17-40-29(35-23)19-13-14-32-25(15-19)33-21-7-4-5-8-24(21)38/h13-18,20-21,24,27,38H,2-12H2,1H3,(H,32,33)(H,34,39)/t18?,20?,21-,24+/m0/s1. The van der Waals surface area contributed by atoms with Crippen molar-refractivity contribution in [1.82, 2.24) is 19.7 Å². The zero-order chi connectivity index (χ0) is 28.1. The molecule has 2 atom stereocenters. The van der Waals surface area contributed by atoms with E-state index in [0.29, 0.717) is 17.3 Å². The van der Waals surface area contributed by atoms with Crippen molar-refractivity contribution in [2.24, 2.45) is 5.92 Å². The van der Waals surface area contributed by atoms with Crippen molar-refractivity contribution in [2.75, 3.05) is 10.6 Å². The van der Waals surface area contributed by atoms with Gasteiger partial charge in [-0.2, -0.15) is 5.10 Å². The van der Waals surface area contributed by atoms with E-state index in [1.165, 1.54) is 31.7 Å². The van der Waals surface area contributed by atoms with E-state index in [4.69, 9.17) is 4.42 Å². The lowest BCUT2D eigenvalue weighted by atomic mass is 9.83. The van der Waals surface area contributed by atoms with Crippen molar-refractivity contribution in [1.29, 1.82) is 0 Å². The number of aromatic nitrogens is 4. The summed E-state index contributed by atoms with van der Waals surface area (Å²) in [6, 6.07) is 3.41. The van der Waals surface area contributed by atoms with E-state index < -0.39 is 24.1 Å². The van der Waals surface area contributed by atoms with Crippen LogP contribution in [0.1, 0.15) is 106 Å². The SMILES string of the molecule is CCCCC1CCC(n2cc(NC(=O)c3coc(-c4ccnc(N[C@H]5CCCC[C@H]5O)c4)n3)c(C(F)F)n2)CC1. The minimum Gasteiger partial charge on any atom is -0.444 e. The van der Waals surface area contributed by atoms with Crippen LogP contribution in [0.5, 0.6) is 0 Å². The molecule has 2 aliphatic carbocycles. The summed E-state index contributed by atoms with van der Waals surface area (Å²) in [7, 11) is 0. The topological polar surface area (TPSA) is 118 Å². The monoisotopic (exact) mass is 556 g/mol. The number of oxazole rings is 1. The summed E-state index contributed by atoms with van der Waals surface area (Å²) >= 11 is 0. The molecular formula is C29H38F2N6O3. The van der Waals surface area contributed by atoms with Crippen LogP contribution in [0.15, 0.2) is 35.2 Å². The first-order valence-electron chi connectivity index (χ1n) is 14.5. The molecule has 3 heterocycles. The van der Waals surface area contributed by atoms with Crippen LogP contribution in [0.2, 0.25) is 0 Å². The number of carbonyl (C=O) groups is 1. The van der Waals surface area contributed by atoms with E-state index in [2.05, 4.69) is 32.6 Å². The number of nitrogens with zero attached hydrogens (tertiary/aromatic N) is 4. The number of aliphatic hydroxyl groups excluding tert-OH is 1. The Balaban J connectivity index is 1.24. The molecule has 3 aromatic rings. The van der Waals surface area contributed by atoms with Crippen LogP contribution >= 0.6 is 0 Å². The van der Waals surface area contributed by atoms with E-state index in [9.17, 15) is 18.7 Å². The Kier molecular flexibility index (Phi) is 9.08. The first kappa shape index (κ1) is 28.2. The first-order valence-corrected chi connectivity index (χ1v) is 14.5. The number of pyridine rings is 1. The number of amides is 1. The lowest BCUT2D eigenvalue weighted by Crippen LogP contribution is -2.36. The molecule has 5 rings (SSSR count). The fourth-order valence-corrected chi connectivity index (χ4v) is 5.85. The number of halogens is 2. The Morgan fingerprint density at radius 1 is 1.20 bits per heavy atom. The van der Waals surface area contributed by atoms with Gasteiger partial charge >= 0.3 is 0 Å². The highest BCUT2D eigenvalue weighted by Crippen LogP contribution is 2.36. The number of rotatable bonds is 10. The molecule has 0 spiro atoms. The number of hydrogen-bond acceptors (Lipinski definition) is 7. The highest BCUT2D eigenvalue weighted by Gasteiger charge is 2.28. The number of carbonyl (C=O) groups excluding carboxylic acids is 1. The summed E-state index contributed by atoms with van der Waals surface area (Å²) < 4.78 is 34.8. The van der Waals surface area contributed by atoms with Gasteiger partial charge in [-0.05, 0) is 56.6 Å². The Hall–Kier alpha value is -3.34. The molecule has 40 heavy (non-hydrogen) atoms. The van der Waals surface area contributed by atoms with Crippen molar-refractivity contribution in [2.45, 2.75) is 102 Å². The summed E-state index contributed by atoms with van der Waals surface area (Å²) in [5.74, 6) is 0.802. The smallest absolute Gasteiger partial charge is 0.284 e. The molecule has 3 N–H and O–H groups in total. The Morgan fingerprint density at radius 2 is 2.00 bits per heavy atom. The van der Waals surface area contributed by atoms with Crippen LogP contribution in [0, 0.1) is 5.92 Å². The lowest BCUT2D eigenvalue weighted by molar-refractivity contribution is 0.102. The van der Waals surface area contributed by atoms with Crippen LogP contribution in [-0.2, 0) is 0 Å². The summed E-state index contributed by atoms with van der Waals surface area (Å²) in [4.78, 5) is 21.6. The average Bonchev–Trinajstić information content (AvgIpc) is 3.62. The molecule has 0 bridgehead atoms. The van der Waals surface area contributed by atoms with Crippen LogP contribution in [0.4, 0.5) is 20.3 Å². The normalized spacial score (nSPS) is 23.3. The fraction of sp³-hybridized carbons (Fsp3) is 0.586. The van der Waals surface area contributed by atoms with Gasteiger partial charge in [0.2, 0.25) is 5.89 Å². The Labute approximate surface area is 232 Å². The third-order valence-corrected chi connectivity index (χ3v) is 8.18. The van der Waals surface area contributed by atoms with Crippen molar-refractivity contribution < 1.29 is 23.1 Å². The molecule has 3 aromatic heterocycles. The number of aliphatic hydroxyl groups is 1. The zero-order valence-corrected chi connectivity index (χ0v) is 22.9. The molecule has 0 saturated heterocycles. The van der Waals surface area contributed by atoms with Crippen molar-refractivity contribution in [3.05, 3.63) is 42.2 Å². The number of unbranched alkanes of at least 4 members (excludes halogenated alkanes) is 1. The van der Waals surface area contributed by atoms with Gasteiger partial charge in [-0.15, -0.1) is 0 Å². The molecule has 216 valence electrons. The molecule has 2 aliphatic rings. The minimum absolute atomic E-state index is 0.0147. The molecule has 2 fully saturated rings. The average molecular weight is 557 g/mol. The van der Waals surface area contributed by atoms with Gasteiger partial charge in [-0.25, -0.2) is 18.7 Å². The van der Waals surface area contributed by atoms with E-state index in [0.717, 1.165) is 51.4 Å². The summed E-state index contributed by atoms with van der Waals surface area (Å²) in [6.45, 7) is 2.19. The quantitative estimate of drug-likeness (QED) is 0.252. The van der Waals surface area contributed by atoms with Crippen LogP contribution in [0.25, 0.3) is 11.5 Å². The number of hydrogen-bond donors (Lipinski definition) is 3. The zero-order valence-electron chi connectivity index (χ0n) is 22.9. The molecule has 0 aromatic carbocycles. The maximum atomic E-state index is 13.8. The lowest BCUT2D eigenvalue weighted by Gasteiger charge is -2.28. The molecule has 1 amide bonds. The highest BCUT2D eigenvalue weighted by atomic mass is 19.3. The van der Waals surface area contributed by atoms with Gasteiger partial charge < -0.3 is 20.2 Å². The predicted octanol–water partition coefficient (Wildman–Crippen LogP) is 6.76. The van der Waals surface area contributed by atoms with Gasteiger partial charge in [-0.1, -0.05) is 39.0 Å². The third kappa shape index (κ3) is 6.68. The van der Waals surface area contributed by atoms with Gasteiger partial charge in [0.15, 0.2) is 11.4 Å². The summed E-state index contributed by atoms with van der Waals surface area (Å²) in [6.07, 6.45) is 12.2. The fourth-order valence-electron chi connectivity index (χ4n) is 5.85. The van der Waals surface area contributed by atoms with E-state index in [1.54, 1.807) is 23.0 Å². The third-order valence-electron chi connectivity index (χ3n) is 8.18. The minimum atomic E-state index is -2.82. The van der Waals surface area contributed by atoms with Gasteiger partial charge in [0.25, 0.3) is 12.3 Å². The maximum absolute atomic E-state index is 13.8. The van der Waals surface area contributed by atoms with Crippen LogP contribution < -0.4 is 10.6 Å². The van der Waals surface area contributed by atoms with Crippen LogP contribution in [-0.4, -0.2) is 42.9 Å². The highest BCUT2D eigenvalue weighted by molar-refractivity contribution is 6.03. The van der Waals surface area contributed by atoms with Crippen LogP contribution in [0.3, 0.4) is 0 Å². The van der Waals surface area contributed by atoms with Gasteiger partial charge in [0.05, 0.1) is 23.9 Å². The summed E-state index contributed by atoms with van der Waals surface area (Å²) in [5.41, 5.74) is 0.102. The predicted molar refractivity (Wildman–Crippen MR) is 147 cm³/mol. The second kappa shape index (κ2) is 12.9. The number of anilines is 2. The molecule has 9 nitrogen and oxygen atoms in total. The van der Waals surface area contributed by atoms with E-state index >= 15 is 0 Å². The molecule has 11 heteroatoms. The van der Waals surface area contributed by atoms with Gasteiger partial charge in [0, 0.05) is 18.0 Å². The Morgan fingerprint density at radius 3 is 2.75 bits per heavy atom. The molecule has 0 aliphatic heterocycles. The first-order chi connectivity index (χ1) is 19.4.